The fourth-order valence-corrected chi connectivity index (χ4v) is 8.56. The lowest BCUT2D eigenvalue weighted by Crippen LogP contribution is -2.08. The quantitative estimate of drug-likeness (QED) is 0.185. The largest absolute Gasteiger partial charge is 0.309 e. The van der Waals surface area contributed by atoms with E-state index in [2.05, 4.69) is 188 Å². The number of benzene rings is 7. The Labute approximate surface area is 308 Å². The monoisotopic (exact) mass is 691 g/mol. The van der Waals surface area contributed by atoms with E-state index in [0.29, 0.717) is 5.82 Å². The van der Waals surface area contributed by atoms with E-state index in [-0.39, 0.29) is 0 Å². The zero-order chi connectivity index (χ0) is 35.3. The van der Waals surface area contributed by atoms with Crippen LogP contribution in [0, 0.1) is 0 Å². The van der Waals surface area contributed by atoms with E-state index in [1.807, 2.05) is 6.07 Å². The van der Waals surface area contributed by atoms with E-state index < -0.39 is 0 Å². The van der Waals surface area contributed by atoms with Crippen molar-refractivity contribution in [2.45, 2.75) is 0 Å². The first-order valence-electron chi connectivity index (χ1n) is 18.1. The first kappa shape index (κ1) is 29.1. The summed E-state index contributed by atoms with van der Waals surface area (Å²) in [6, 6.07) is 61.7. The van der Waals surface area contributed by atoms with Gasteiger partial charge in [0.25, 0.3) is 0 Å². The molecule has 12 rings (SSSR count). The second-order valence-electron chi connectivity index (χ2n) is 13.7. The molecule has 0 aliphatic heterocycles. The molecule has 0 spiro atoms. The lowest BCUT2D eigenvalue weighted by Gasteiger charge is -2.16. The summed E-state index contributed by atoms with van der Waals surface area (Å²) in [5.41, 5.74) is 10.4. The van der Waals surface area contributed by atoms with E-state index in [9.17, 15) is 0 Å². The molecule has 0 unspecified atom stereocenters. The van der Waals surface area contributed by atoms with Crippen LogP contribution in [0.15, 0.2) is 176 Å². The molecular formula is C47H29N7. The SMILES string of the molecule is c1ccc(-n2c3ccccc3c3ccccc32)c(-c2nc(-n3c4ccccc4c4ccccc43)cc(-n3c4ccccc4n4c5ccccc5nc34)n2)c1. The maximum Gasteiger partial charge on any atom is 0.221 e. The van der Waals surface area contributed by atoms with Gasteiger partial charge in [0, 0.05) is 33.2 Å². The normalized spacial score (nSPS) is 12.1. The van der Waals surface area contributed by atoms with Gasteiger partial charge in [-0.05, 0) is 60.7 Å². The Kier molecular flexibility index (Phi) is 5.93. The molecule has 7 nitrogen and oxygen atoms in total. The van der Waals surface area contributed by atoms with Crippen molar-refractivity contribution in [1.82, 2.24) is 33.1 Å². The predicted octanol–water partition coefficient (Wildman–Crippen LogP) is 11.1. The molecule has 12 aromatic rings. The average Bonchev–Trinajstić information content (AvgIpc) is 3.96. The van der Waals surface area contributed by atoms with Crippen molar-refractivity contribution in [3.8, 4) is 28.7 Å². The van der Waals surface area contributed by atoms with Crippen molar-refractivity contribution >= 4 is 71.5 Å². The number of rotatable bonds is 4. The van der Waals surface area contributed by atoms with Gasteiger partial charge in [-0.15, -0.1) is 0 Å². The van der Waals surface area contributed by atoms with Crippen LogP contribution in [0.3, 0.4) is 0 Å². The molecule has 7 heteroatoms. The molecule has 0 atom stereocenters. The van der Waals surface area contributed by atoms with E-state index in [1.165, 1.54) is 21.5 Å². The second kappa shape index (κ2) is 11.0. The number of nitrogens with zero attached hydrogens (tertiary/aromatic N) is 7. The average molecular weight is 692 g/mol. The highest BCUT2D eigenvalue weighted by Gasteiger charge is 2.23. The lowest BCUT2D eigenvalue weighted by atomic mass is 10.1. The van der Waals surface area contributed by atoms with Gasteiger partial charge in [0.15, 0.2) is 5.82 Å². The highest BCUT2D eigenvalue weighted by Crippen LogP contribution is 2.38. The Morgan fingerprint density at radius 1 is 0.333 bits per heavy atom. The van der Waals surface area contributed by atoms with Crippen molar-refractivity contribution in [2.75, 3.05) is 0 Å². The van der Waals surface area contributed by atoms with E-state index in [0.717, 1.165) is 72.8 Å². The van der Waals surface area contributed by atoms with Gasteiger partial charge in [0.2, 0.25) is 5.78 Å². The summed E-state index contributed by atoms with van der Waals surface area (Å²) in [7, 11) is 0. The number of fused-ring (bicyclic) bond motifs is 11. The van der Waals surface area contributed by atoms with Gasteiger partial charge in [0.05, 0.1) is 49.8 Å². The third-order valence-electron chi connectivity index (χ3n) is 10.8. The van der Waals surface area contributed by atoms with Crippen molar-refractivity contribution in [3.05, 3.63) is 176 Å². The fourth-order valence-electron chi connectivity index (χ4n) is 8.56. The molecule has 0 aliphatic carbocycles. The molecule has 0 N–H and O–H groups in total. The lowest BCUT2D eigenvalue weighted by molar-refractivity contribution is 0.978. The van der Waals surface area contributed by atoms with E-state index in [4.69, 9.17) is 15.0 Å². The number of hydrogen-bond donors (Lipinski definition) is 0. The first-order valence-corrected chi connectivity index (χ1v) is 18.1. The zero-order valence-electron chi connectivity index (χ0n) is 28.9. The number of imidazole rings is 2. The zero-order valence-corrected chi connectivity index (χ0v) is 28.9. The third kappa shape index (κ3) is 3.98. The van der Waals surface area contributed by atoms with Crippen LogP contribution in [-0.2, 0) is 0 Å². The minimum atomic E-state index is 0.619. The van der Waals surface area contributed by atoms with Crippen LogP contribution in [0.1, 0.15) is 0 Å². The summed E-state index contributed by atoms with van der Waals surface area (Å²) in [6.45, 7) is 0. The van der Waals surface area contributed by atoms with Crippen molar-refractivity contribution < 1.29 is 0 Å². The van der Waals surface area contributed by atoms with E-state index >= 15 is 0 Å². The smallest absolute Gasteiger partial charge is 0.221 e. The summed E-state index contributed by atoms with van der Waals surface area (Å²) in [5, 5.41) is 4.76. The second-order valence-corrected chi connectivity index (χ2v) is 13.7. The Morgan fingerprint density at radius 2 is 0.778 bits per heavy atom. The van der Waals surface area contributed by atoms with Crippen LogP contribution in [0.2, 0.25) is 0 Å². The molecule has 7 aromatic carbocycles. The minimum Gasteiger partial charge on any atom is -0.309 e. The molecule has 5 heterocycles. The fraction of sp³-hybridized carbons (Fsp3) is 0. The third-order valence-corrected chi connectivity index (χ3v) is 10.8. The number of aromatic nitrogens is 7. The van der Waals surface area contributed by atoms with Gasteiger partial charge in [-0.3, -0.25) is 13.5 Å². The molecule has 5 aromatic heterocycles. The standard InChI is InChI=1S/C47H29N7/c1-7-21-36-30(15-1)31-16-2-8-22-37(31)51(36)40-25-11-5-19-34(40)46-49-44(52-38-23-9-3-17-32(38)33-18-4-10-24-39(33)52)29-45(50-46)54-43-28-14-13-27-42(43)53-41-26-12-6-20-35(41)48-47(53)54/h1-29H. The van der Waals surface area contributed by atoms with Crippen LogP contribution >= 0.6 is 0 Å². The van der Waals surface area contributed by atoms with E-state index in [1.54, 1.807) is 0 Å². The molecule has 54 heavy (non-hydrogen) atoms. The molecule has 0 fully saturated rings. The molecule has 252 valence electrons. The van der Waals surface area contributed by atoms with Gasteiger partial charge in [-0.25, -0.2) is 15.0 Å². The minimum absolute atomic E-state index is 0.619. The van der Waals surface area contributed by atoms with Crippen molar-refractivity contribution in [2.24, 2.45) is 0 Å². The molecule has 0 amide bonds. The summed E-state index contributed by atoms with van der Waals surface area (Å²) in [5.74, 6) is 2.92. The molecule has 0 bridgehead atoms. The van der Waals surface area contributed by atoms with Gasteiger partial charge < -0.3 is 4.57 Å². The molecule has 0 saturated heterocycles. The topological polar surface area (TPSA) is 57.9 Å². The van der Waals surface area contributed by atoms with Crippen molar-refractivity contribution in [1.29, 1.82) is 0 Å². The number of hydrogen-bond acceptors (Lipinski definition) is 3. The van der Waals surface area contributed by atoms with Gasteiger partial charge in [0.1, 0.15) is 11.6 Å². The van der Waals surface area contributed by atoms with Crippen molar-refractivity contribution in [3.63, 3.8) is 0 Å². The van der Waals surface area contributed by atoms with Crippen LogP contribution in [0.5, 0.6) is 0 Å². The molecule has 0 aliphatic rings. The number of para-hydroxylation sites is 9. The van der Waals surface area contributed by atoms with Crippen LogP contribution in [-0.4, -0.2) is 33.1 Å². The predicted molar refractivity (Wildman–Crippen MR) is 219 cm³/mol. The Bertz CT molecular complexity index is 3360. The Balaban J connectivity index is 1.22. The summed E-state index contributed by atoms with van der Waals surface area (Å²) in [4.78, 5) is 16.2. The maximum atomic E-state index is 5.49. The van der Waals surface area contributed by atoms with Gasteiger partial charge in [-0.2, -0.15) is 0 Å². The van der Waals surface area contributed by atoms with Gasteiger partial charge in [-0.1, -0.05) is 109 Å². The molecule has 0 radical (unpaired) electrons. The van der Waals surface area contributed by atoms with Crippen LogP contribution < -0.4 is 0 Å². The van der Waals surface area contributed by atoms with Gasteiger partial charge >= 0.3 is 0 Å². The van der Waals surface area contributed by atoms with Crippen LogP contribution in [0.25, 0.3) is 100 Å². The highest BCUT2D eigenvalue weighted by atomic mass is 15.2. The maximum absolute atomic E-state index is 5.49. The summed E-state index contributed by atoms with van der Waals surface area (Å²) in [6.07, 6.45) is 0. The molecular weight excluding hydrogens is 663 g/mol. The first-order chi connectivity index (χ1) is 26.8. The Hall–Kier alpha value is -7.51. The molecule has 0 saturated carbocycles. The van der Waals surface area contributed by atoms with Crippen LogP contribution in [0.4, 0.5) is 0 Å². The highest BCUT2D eigenvalue weighted by molar-refractivity contribution is 6.10. The summed E-state index contributed by atoms with van der Waals surface area (Å²) >= 11 is 0. The summed E-state index contributed by atoms with van der Waals surface area (Å²) < 4.78 is 9.04. The Morgan fingerprint density at radius 3 is 1.39 bits per heavy atom.